The van der Waals surface area contributed by atoms with Crippen LogP contribution in [0.4, 0.5) is 0 Å². The molecule has 0 aliphatic carbocycles. The second-order valence-corrected chi connectivity index (χ2v) is 4.62. The average Bonchev–Trinajstić information content (AvgIpc) is 2.71. The summed E-state index contributed by atoms with van der Waals surface area (Å²) in [6.07, 6.45) is 2.73. The minimum atomic E-state index is 0.886. The third kappa shape index (κ3) is 3.59. The van der Waals surface area contributed by atoms with E-state index in [1.54, 1.807) is 0 Å². The molecule has 0 unspecified atom stereocenters. The van der Waals surface area contributed by atoms with Crippen LogP contribution in [-0.4, -0.2) is 62.3 Å². The van der Waals surface area contributed by atoms with Gasteiger partial charge in [-0.25, -0.2) is 0 Å². The highest BCUT2D eigenvalue weighted by Crippen LogP contribution is 2.10. The number of rotatable bonds is 4. The third-order valence-electron chi connectivity index (χ3n) is 3.20. The lowest BCUT2D eigenvalue weighted by molar-refractivity contribution is 0.0417. The zero-order chi connectivity index (χ0) is 10.5. The molecule has 2 aliphatic rings. The normalized spacial score (nSPS) is 24.5. The molecule has 0 amide bonds. The molecule has 0 aromatic carbocycles. The lowest BCUT2D eigenvalue weighted by Crippen LogP contribution is -2.38. The van der Waals surface area contributed by atoms with E-state index in [0.717, 1.165) is 39.4 Å². The number of hydrogen-bond acceptors (Lipinski definition) is 3. The zero-order valence-corrected chi connectivity index (χ0v) is 9.58. The number of ether oxygens (including phenoxy) is 1. The molecule has 86 valence electrons. The molecule has 0 radical (unpaired) electrons. The summed E-state index contributed by atoms with van der Waals surface area (Å²) < 4.78 is 5.33. The molecule has 15 heavy (non-hydrogen) atoms. The van der Waals surface area contributed by atoms with Crippen LogP contribution in [0.1, 0.15) is 12.8 Å². The van der Waals surface area contributed by atoms with Crippen molar-refractivity contribution in [3.63, 3.8) is 0 Å². The van der Waals surface area contributed by atoms with Crippen molar-refractivity contribution in [2.24, 2.45) is 0 Å². The zero-order valence-electron chi connectivity index (χ0n) is 9.58. The Balaban J connectivity index is 1.66. The number of hydrogen-bond donors (Lipinski definition) is 0. The predicted molar refractivity (Wildman–Crippen MR) is 62.1 cm³/mol. The van der Waals surface area contributed by atoms with Crippen LogP contribution in [0, 0.1) is 0 Å². The van der Waals surface area contributed by atoms with Crippen molar-refractivity contribution in [3.8, 4) is 0 Å². The fraction of sp³-hybridized carbons (Fsp3) is 0.833. The average molecular weight is 210 g/mol. The Kier molecular flexibility index (Phi) is 4.18. The molecule has 0 aromatic heterocycles. The Morgan fingerprint density at radius 3 is 2.07 bits per heavy atom. The highest BCUT2D eigenvalue weighted by Gasteiger charge is 2.15. The minimum absolute atomic E-state index is 0.886. The van der Waals surface area contributed by atoms with Crippen molar-refractivity contribution in [2.45, 2.75) is 12.8 Å². The van der Waals surface area contributed by atoms with E-state index in [0.29, 0.717) is 0 Å². The van der Waals surface area contributed by atoms with Crippen molar-refractivity contribution in [2.75, 3.05) is 52.5 Å². The first-order chi connectivity index (χ1) is 7.34. The predicted octanol–water partition coefficient (Wildman–Crippen LogP) is 0.971. The molecular formula is C12H22N2O. The topological polar surface area (TPSA) is 15.7 Å². The van der Waals surface area contributed by atoms with Crippen LogP contribution in [0.5, 0.6) is 0 Å². The minimum Gasteiger partial charge on any atom is -0.379 e. The van der Waals surface area contributed by atoms with Crippen LogP contribution in [0.3, 0.4) is 0 Å². The van der Waals surface area contributed by atoms with Gasteiger partial charge in [0.2, 0.25) is 0 Å². The van der Waals surface area contributed by atoms with E-state index in [-0.39, 0.29) is 0 Å². The number of nitrogens with zero attached hydrogens (tertiary/aromatic N) is 2. The van der Waals surface area contributed by atoms with Gasteiger partial charge in [-0.2, -0.15) is 0 Å². The highest BCUT2D eigenvalue weighted by atomic mass is 16.5. The van der Waals surface area contributed by atoms with Gasteiger partial charge in [-0.1, -0.05) is 6.58 Å². The van der Waals surface area contributed by atoms with Gasteiger partial charge < -0.3 is 4.74 Å². The van der Waals surface area contributed by atoms with E-state index in [1.165, 1.54) is 31.5 Å². The van der Waals surface area contributed by atoms with Crippen molar-refractivity contribution < 1.29 is 4.74 Å². The smallest absolute Gasteiger partial charge is 0.0594 e. The standard InChI is InChI=1S/C12H22N2O/c1-12(10-13-4-2-3-5-13)11-14-6-8-15-9-7-14/h1-11H2. The van der Waals surface area contributed by atoms with E-state index in [2.05, 4.69) is 16.4 Å². The van der Waals surface area contributed by atoms with Crippen LogP contribution < -0.4 is 0 Å². The van der Waals surface area contributed by atoms with Crippen LogP contribution in [-0.2, 0) is 4.74 Å². The van der Waals surface area contributed by atoms with Gasteiger partial charge in [0.1, 0.15) is 0 Å². The molecular weight excluding hydrogens is 188 g/mol. The van der Waals surface area contributed by atoms with E-state index >= 15 is 0 Å². The first-order valence-corrected chi connectivity index (χ1v) is 6.04. The van der Waals surface area contributed by atoms with Gasteiger partial charge in [0.15, 0.2) is 0 Å². The summed E-state index contributed by atoms with van der Waals surface area (Å²) in [6.45, 7) is 12.8. The fourth-order valence-electron chi connectivity index (χ4n) is 2.38. The Morgan fingerprint density at radius 1 is 0.933 bits per heavy atom. The van der Waals surface area contributed by atoms with E-state index < -0.39 is 0 Å². The Hall–Kier alpha value is -0.380. The molecule has 0 aromatic rings. The molecule has 0 atom stereocenters. The van der Waals surface area contributed by atoms with Gasteiger partial charge in [-0.15, -0.1) is 0 Å². The van der Waals surface area contributed by atoms with Gasteiger partial charge in [-0.05, 0) is 31.5 Å². The van der Waals surface area contributed by atoms with Crippen LogP contribution in [0.2, 0.25) is 0 Å². The van der Waals surface area contributed by atoms with E-state index in [1.807, 2.05) is 0 Å². The monoisotopic (exact) mass is 210 g/mol. The number of likely N-dealkylation sites (tertiary alicyclic amines) is 1. The van der Waals surface area contributed by atoms with Crippen LogP contribution >= 0.6 is 0 Å². The molecule has 2 fully saturated rings. The summed E-state index contributed by atoms with van der Waals surface area (Å²) in [5, 5.41) is 0. The van der Waals surface area contributed by atoms with E-state index in [9.17, 15) is 0 Å². The quantitative estimate of drug-likeness (QED) is 0.643. The maximum atomic E-state index is 5.33. The SMILES string of the molecule is C=C(CN1CCCC1)CN1CCOCC1. The maximum Gasteiger partial charge on any atom is 0.0594 e. The summed E-state index contributed by atoms with van der Waals surface area (Å²) in [6, 6.07) is 0. The lowest BCUT2D eigenvalue weighted by Gasteiger charge is -2.28. The molecule has 2 saturated heterocycles. The summed E-state index contributed by atoms with van der Waals surface area (Å²) >= 11 is 0. The van der Waals surface area contributed by atoms with Crippen molar-refractivity contribution >= 4 is 0 Å². The van der Waals surface area contributed by atoms with E-state index in [4.69, 9.17) is 4.74 Å². The Morgan fingerprint density at radius 2 is 1.47 bits per heavy atom. The first kappa shape index (κ1) is 11.1. The molecule has 2 rings (SSSR count). The summed E-state index contributed by atoms with van der Waals surface area (Å²) in [5.74, 6) is 0. The molecule has 2 aliphatic heterocycles. The Bertz CT molecular complexity index is 206. The molecule has 2 heterocycles. The molecule has 3 heteroatoms. The Labute approximate surface area is 92.7 Å². The maximum absolute atomic E-state index is 5.33. The van der Waals surface area contributed by atoms with Crippen LogP contribution in [0.25, 0.3) is 0 Å². The lowest BCUT2D eigenvalue weighted by atomic mass is 10.2. The number of morpholine rings is 1. The summed E-state index contributed by atoms with van der Waals surface area (Å²) in [5.41, 5.74) is 1.36. The van der Waals surface area contributed by atoms with Crippen molar-refractivity contribution in [1.29, 1.82) is 0 Å². The third-order valence-corrected chi connectivity index (χ3v) is 3.20. The van der Waals surface area contributed by atoms with Crippen LogP contribution in [0.15, 0.2) is 12.2 Å². The van der Waals surface area contributed by atoms with Gasteiger partial charge in [0, 0.05) is 26.2 Å². The molecule has 0 N–H and O–H groups in total. The van der Waals surface area contributed by atoms with Gasteiger partial charge in [-0.3, -0.25) is 9.80 Å². The fourth-order valence-corrected chi connectivity index (χ4v) is 2.38. The van der Waals surface area contributed by atoms with Gasteiger partial charge in [0.25, 0.3) is 0 Å². The van der Waals surface area contributed by atoms with Gasteiger partial charge >= 0.3 is 0 Å². The second kappa shape index (κ2) is 5.64. The summed E-state index contributed by atoms with van der Waals surface area (Å²) in [7, 11) is 0. The largest absolute Gasteiger partial charge is 0.379 e. The van der Waals surface area contributed by atoms with Crippen molar-refractivity contribution in [3.05, 3.63) is 12.2 Å². The molecule has 0 spiro atoms. The highest BCUT2D eigenvalue weighted by molar-refractivity contribution is 5.01. The van der Waals surface area contributed by atoms with Crippen molar-refractivity contribution in [1.82, 2.24) is 9.80 Å². The van der Waals surface area contributed by atoms with Gasteiger partial charge in [0.05, 0.1) is 13.2 Å². The molecule has 0 bridgehead atoms. The second-order valence-electron chi connectivity index (χ2n) is 4.62. The summed E-state index contributed by atoms with van der Waals surface area (Å²) in [4.78, 5) is 4.96. The molecule has 0 saturated carbocycles. The molecule has 3 nitrogen and oxygen atoms in total. The first-order valence-electron chi connectivity index (χ1n) is 6.04.